The van der Waals surface area contributed by atoms with Crippen molar-refractivity contribution in [2.45, 2.75) is 32.0 Å². The maximum absolute atomic E-state index is 12.2. The Morgan fingerprint density at radius 3 is 2.96 bits per heavy atom. The van der Waals surface area contributed by atoms with Crippen LogP contribution in [0.5, 0.6) is 5.75 Å². The van der Waals surface area contributed by atoms with Crippen LogP contribution in [0.15, 0.2) is 18.2 Å². The number of carbonyl (C=O) groups excluding carboxylic acids is 1. The van der Waals surface area contributed by atoms with Crippen LogP contribution in [0.25, 0.3) is 0 Å². The second-order valence-corrected chi connectivity index (χ2v) is 6.01. The van der Waals surface area contributed by atoms with E-state index < -0.39 is 0 Å². The lowest BCUT2D eigenvalue weighted by atomic mass is 10.1. The Bertz CT molecular complexity index is 537. The van der Waals surface area contributed by atoms with Crippen LogP contribution in [-0.4, -0.2) is 51.0 Å². The smallest absolute Gasteiger partial charge is 0.239 e. The van der Waals surface area contributed by atoms with Gasteiger partial charge in [-0.2, -0.15) is 0 Å². The SMILES string of the molecule is Cc1ccc(CNC(=O)C2COCCN2)c(OC2CCOC2)c1. The van der Waals surface area contributed by atoms with Crippen molar-refractivity contribution < 1.29 is 19.0 Å². The van der Waals surface area contributed by atoms with Crippen LogP contribution in [0, 0.1) is 6.92 Å². The molecular formula is C17H24N2O4. The highest BCUT2D eigenvalue weighted by Crippen LogP contribution is 2.23. The third-order valence-corrected chi connectivity index (χ3v) is 4.10. The molecule has 1 amide bonds. The molecule has 3 rings (SSSR count). The summed E-state index contributed by atoms with van der Waals surface area (Å²) in [6, 6.07) is 5.77. The van der Waals surface area contributed by atoms with E-state index in [0.29, 0.717) is 32.9 Å². The number of ether oxygens (including phenoxy) is 3. The summed E-state index contributed by atoms with van der Waals surface area (Å²) in [6.45, 7) is 5.63. The van der Waals surface area contributed by atoms with E-state index in [1.165, 1.54) is 0 Å². The summed E-state index contributed by atoms with van der Waals surface area (Å²) in [7, 11) is 0. The minimum Gasteiger partial charge on any atom is -0.488 e. The van der Waals surface area contributed by atoms with Crippen LogP contribution in [0.1, 0.15) is 17.5 Å². The molecule has 0 saturated carbocycles. The number of nitrogens with one attached hydrogen (secondary N) is 2. The van der Waals surface area contributed by atoms with Crippen molar-refractivity contribution in [2.75, 3.05) is 33.0 Å². The van der Waals surface area contributed by atoms with Gasteiger partial charge in [-0.1, -0.05) is 12.1 Å². The van der Waals surface area contributed by atoms with Crippen LogP contribution in [0.2, 0.25) is 0 Å². The molecule has 126 valence electrons. The number of amides is 1. The molecule has 0 spiro atoms. The summed E-state index contributed by atoms with van der Waals surface area (Å²) in [5, 5.41) is 6.11. The average Bonchev–Trinajstić information content (AvgIpc) is 3.08. The van der Waals surface area contributed by atoms with Crippen molar-refractivity contribution in [3.63, 3.8) is 0 Å². The zero-order chi connectivity index (χ0) is 16.1. The standard InChI is InChI=1S/C17H24N2O4/c1-12-2-3-13(16(8-12)23-14-4-6-21-10-14)9-19-17(20)15-11-22-7-5-18-15/h2-3,8,14-15,18H,4-7,9-11H2,1H3,(H,19,20). The average molecular weight is 320 g/mol. The fourth-order valence-electron chi connectivity index (χ4n) is 2.74. The highest BCUT2D eigenvalue weighted by atomic mass is 16.5. The molecule has 23 heavy (non-hydrogen) atoms. The molecule has 2 aliphatic heterocycles. The summed E-state index contributed by atoms with van der Waals surface area (Å²) >= 11 is 0. The molecule has 2 saturated heterocycles. The predicted molar refractivity (Wildman–Crippen MR) is 85.5 cm³/mol. The lowest BCUT2D eigenvalue weighted by Crippen LogP contribution is -2.51. The van der Waals surface area contributed by atoms with E-state index in [4.69, 9.17) is 14.2 Å². The van der Waals surface area contributed by atoms with E-state index in [-0.39, 0.29) is 18.1 Å². The van der Waals surface area contributed by atoms with E-state index in [2.05, 4.69) is 10.6 Å². The number of carbonyl (C=O) groups is 1. The number of benzene rings is 1. The molecule has 2 aliphatic rings. The number of hydrogen-bond acceptors (Lipinski definition) is 5. The fraction of sp³-hybridized carbons (Fsp3) is 0.588. The van der Waals surface area contributed by atoms with E-state index in [0.717, 1.165) is 29.9 Å². The molecule has 2 fully saturated rings. The first-order valence-electron chi connectivity index (χ1n) is 8.15. The molecular weight excluding hydrogens is 296 g/mol. The largest absolute Gasteiger partial charge is 0.488 e. The topological polar surface area (TPSA) is 68.8 Å². The second-order valence-electron chi connectivity index (χ2n) is 6.01. The molecule has 2 N–H and O–H groups in total. The first-order valence-corrected chi connectivity index (χ1v) is 8.15. The van der Waals surface area contributed by atoms with Crippen molar-refractivity contribution in [3.05, 3.63) is 29.3 Å². The minimum absolute atomic E-state index is 0.0413. The van der Waals surface area contributed by atoms with Gasteiger partial charge in [-0.3, -0.25) is 4.79 Å². The molecule has 0 aliphatic carbocycles. The number of aryl methyl sites for hydroxylation is 1. The summed E-state index contributed by atoms with van der Waals surface area (Å²) in [5.41, 5.74) is 2.11. The third-order valence-electron chi connectivity index (χ3n) is 4.10. The first-order chi connectivity index (χ1) is 11.2. The van der Waals surface area contributed by atoms with Gasteiger partial charge in [0.15, 0.2) is 0 Å². The Labute approximate surface area is 136 Å². The molecule has 0 aromatic heterocycles. The van der Waals surface area contributed by atoms with Gasteiger partial charge in [-0.25, -0.2) is 0 Å². The maximum atomic E-state index is 12.2. The molecule has 1 aromatic rings. The van der Waals surface area contributed by atoms with Gasteiger partial charge in [0.1, 0.15) is 17.9 Å². The zero-order valence-corrected chi connectivity index (χ0v) is 13.5. The second kappa shape index (κ2) is 7.77. The van der Waals surface area contributed by atoms with E-state index in [1.807, 2.05) is 25.1 Å². The molecule has 0 bridgehead atoms. The van der Waals surface area contributed by atoms with Crippen LogP contribution >= 0.6 is 0 Å². The molecule has 2 unspecified atom stereocenters. The first kappa shape index (κ1) is 16.2. The van der Waals surface area contributed by atoms with Crippen molar-refractivity contribution in [1.82, 2.24) is 10.6 Å². The Hall–Kier alpha value is -1.63. The lowest BCUT2D eigenvalue weighted by molar-refractivity contribution is -0.126. The number of rotatable bonds is 5. The van der Waals surface area contributed by atoms with Gasteiger partial charge in [-0.05, 0) is 18.6 Å². The molecule has 2 heterocycles. The quantitative estimate of drug-likeness (QED) is 0.839. The van der Waals surface area contributed by atoms with E-state index in [9.17, 15) is 4.79 Å². The van der Waals surface area contributed by atoms with Crippen LogP contribution in [0.3, 0.4) is 0 Å². The van der Waals surface area contributed by atoms with Crippen molar-refractivity contribution >= 4 is 5.91 Å². The Balaban J connectivity index is 1.60. The van der Waals surface area contributed by atoms with E-state index >= 15 is 0 Å². The zero-order valence-electron chi connectivity index (χ0n) is 13.5. The van der Waals surface area contributed by atoms with Crippen LogP contribution in [-0.2, 0) is 20.8 Å². The Morgan fingerprint density at radius 2 is 2.22 bits per heavy atom. The summed E-state index contributed by atoms with van der Waals surface area (Å²) in [4.78, 5) is 12.2. The summed E-state index contributed by atoms with van der Waals surface area (Å²) in [5.74, 6) is 0.786. The predicted octanol–water partition coefficient (Wildman–Crippen LogP) is 0.767. The highest BCUT2D eigenvalue weighted by molar-refractivity contribution is 5.82. The molecule has 0 radical (unpaired) electrons. The summed E-state index contributed by atoms with van der Waals surface area (Å²) < 4.78 is 16.7. The van der Waals surface area contributed by atoms with Crippen molar-refractivity contribution in [2.24, 2.45) is 0 Å². The Morgan fingerprint density at radius 1 is 1.35 bits per heavy atom. The highest BCUT2D eigenvalue weighted by Gasteiger charge is 2.22. The van der Waals surface area contributed by atoms with Gasteiger partial charge in [-0.15, -0.1) is 0 Å². The molecule has 6 heteroatoms. The molecule has 6 nitrogen and oxygen atoms in total. The monoisotopic (exact) mass is 320 g/mol. The normalized spacial score (nSPS) is 24.4. The van der Waals surface area contributed by atoms with Crippen molar-refractivity contribution in [1.29, 1.82) is 0 Å². The van der Waals surface area contributed by atoms with Crippen molar-refractivity contribution in [3.8, 4) is 5.75 Å². The van der Waals surface area contributed by atoms with Crippen LogP contribution < -0.4 is 15.4 Å². The number of hydrogen-bond donors (Lipinski definition) is 2. The molecule has 2 atom stereocenters. The van der Waals surface area contributed by atoms with Crippen LogP contribution in [0.4, 0.5) is 0 Å². The van der Waals surface area contributed by atoms with Gasteiger partial charge < -0.3 is 24.8 Å². The van der Waals surface area contributed by atoms with E-state index in [1.54, 1.807) is 0 Å². The van der Waals surface area contributed by atoms with Gasteiger partial charge in [0.05, 0.1) is 26.4 Å². The van der Waals surface area contributed by atoms with Gasteiger partial charge in [0.25, 0.3) is 0 Å². The third kappa shape index (κ3) is 4.43. The fourth-order valence-corrected chi connectivity index (χ4v) is 2.74. The minimum atomic E-state index is -0.276. The van der Waals surface area contributed by atoms with Gasteiger partial charge >= 0.3 is 0 Å². The molecule has 1 aromatic carbocycles. The maximum Gasteiger partial charge on any atom is 0.239 e. The Kier molecular flexibility index (Phi) is 5.48. The van der Waals surface area contributed by atoms with Gasteiger partial charge in [0, 0.05) is 25.1 Å². The number of morpholine rings is 1. The van der Waals surface area contributed by atoms with Gasteiger partial charge in [0.2, 0.25) is 5.91 Å². The lowest BCUT2D eigenvalue weighted by Gasteiger charge is -2.23. The summed E-state index contributed by atoms with van der Waals surface area (Å²) in [6.07, 6.45) is 1.00.